The zero-order chi connectivity index (χ0) is 12.3. The topological polar surface area (TPSA) is 43.4 Å². The molecule has 0 fully saturated rings. The van der Waals surface area contributed by atoms with Gasteiger partial charge in [-0.05, 0) is 23.8 Å². The second kappa shape index (κ2) is 5.09. The van der Waals surface area contributed by atoms with Crippen molar-refractivity contribution in [1.29, 1.82) is 0 Å². The lowest BCUT2D eigenvalue weighted by molar-refractivity contribution is -0.0498. The number of ether oxygens (including phenoxy) is 1. The normalized spacial score (nSPS) is 11.8. The van der Waals surface area contributed by atoms with Gasteiger partial charge in [-0.3, -0.25) is 0 Å². The van der Waals surface area contributed by atoms with E-state index < -0.39 is 16.4 Å². The van der Waals surface area contributed by atoms with E-state index in [1.165, 1.54) is 18.2 Å². The lowest BCUT2D eigenvalue weighted by Gasteiger charge is -2.08. The number of alkyl halides is 2. The summed E-state index contributed by atoms with van der Waals surface area (Å²) in [6.45, 7) is -2.92. The Morgan fingerprint density at radius 1 is 1.44 bits per heavy atom. The van der Waals surface area contributed by atoms with Gasteiger partial charge in [-0.2, -0.15) is 8.78 Å². The Hall–Kier alpha value is -0.690. The molecule has 7 heteroatoms. The van der Waals surface area contributed by atoms with Crippen LogP contribution in [-0.4, -0.2) is 21.3 Å². The molecule has 0 aliphatic heterocycles. The quantitative estimate of drug-likeness (QED) is 0.858. The van der Waals surface area contributed by atoms with E-state index in [-0.39, 0.29) is 11.5 Å². The van der Waals surface area contributed by atoms with Crippen LogP contribution in [0.3, 0.4) is 0 Å². The Labute approximate surface area is 100 Å². The van der Waals surface area contributed by atoms with E-state index in [1.54, 1.807) is 0 Å². The molecule has 0 radical (unpaired) electrons. The average Bonchev–Trinajstić information content (AvgIpc) is 2.07. The van der Waals surface area contributed by atoms with Crippen LogP contribution in [0.5, 0.6) is 5.75 Å². The van der Waals surface area contributed by atoms with Crippen LogP contribution < -0.4 is 4.74 Å². The Kier molecular flexibility index (Phi) is 4.26. The van der Waals surface area contributed by atoms with Crippen LogP contribution in [0.4, 0.5) is 8.78 Å². The third-order valence-electron chi connectivity index (χ3n) is 1.66. The maximum atomic E-state index is 11.9. The first kappa shape index (κ1) is 13.4. The van der Waals surface area contributed by atoms with Gasteiger partial charge in [0.25, 0.3) is 0 Å². The molecule has 0 amide bonds. The largest absolute Gasteiger partial charge is 0.435 e. The molecule has 0 atom stereocenters. The minimum Gasteiger partial charge on any atom is -0.435 e. The third-order valence-corrected chi connectivity index (χ3v) is 3.27. The van der Waals surface area contributed by atoms with E-state index >= 15 is 0 Å². The number of hydrogen-bond donors (Lipinski definition) is 0. The minimum absolute atomic E-state index is 0.0585. The van der Waals surface area contributed by atoms with Crippen LogP contribution in [0.25, 0.3) is 0 Å². The first-order chi connectivity index (χ1) is 7.28. The van der Waals surface area contributed by atoms with E-state index in [0.29, 0.717) is 10.0 Å². The van der Waals surface area contributed by atoms with Gasteiger partial charge >= 0.3 is 6.61 Å². The van der Waals surface area contributed by atoms with Crippen molar-refractivity contribution in [2.24, 2.45) is 0 Å². The van der Waals surface area contributed by atoms with Crippen LogP contribution in [0.1, 0.15) is 5.56 Å². The summed E-state index contributed by atoms with van der Waals surface area (Å²) in [5.41, 5.74) is 0.389. The standard InChI is InChI=1S/C9H9BrF2O3S/c1-16(13,14)5-6-4-7(15-9(11)12)2-3-8(6)10/h2-4,9H,5H2,1H3. The van der Waals surface area contributed by atoms with Crippen molar-refractivity contribution in [3.05, 3.63) is 28.2 Å². The van der Waals surface area contributed by atoms with Crippen LogP contribution in [0, 0.1) is 0 Å². The monoisotopic (exact) mass is 314 g/mol. The third kappa shape index (κ3) is 4.44. The second-order valence-corrected chi connectivity index (χ2v) is 6.20. The van der Waals surface area contributed by atoms with Gasteiger partial charge in [-0.15, -0.1) is 0 Å². The zero-order valence-electron chi connectivity index (χ0n) is 8.28. The van der Waals surface area contributed by atoms with Crippen molar-refractivity contribution < 1.29 is 21.9 Å². The highest BCUT2D eigenvalue weighted by molar-refractivity contribution is 9.10. The molecule has 1 aromatic carbocycles. The van der Waals surface area contributed by atoms with Crippen LogP contribution in [0.2, 0.25) is 0 Å². The van der Waals surface area contributed by atoms with Crippen molar-refractivity contribution >= 4 is 25.8 Å². The average molecular weight is 315 g/mol. The van der Waals surface area contributed by atoms with Crippen LogP contribution in [0.15, 0.2) is 22.7 Å². The van der Waals surface area contributed by atoms with Crippen molar-refractivity contribution in [2.45, 2.75) is 12.4 Å². The fourth-order valence-corrected chi connectivity index (χ4v) is 2.50. The molecule has 0 aliphatic rings. The highest BCUT2D eigenvalue weighted by Crippen LogP contribution is 2.25. The van der Waals surface area contributed by atoms with E-state index in [1.807, 2.05) is 0 Å². The smallest absolute Gasteiger partial charge is 0.387 e. The predicted octanol–water partition coefficient (Wildman–Crippen LogP) is 2.60. The van der Waals surface area contributed by atoms with Crippen molar-refractivity contribution in [3.8, 4) is 5.75 Å². The fourth-order valence-electron chi connectivity index (χ4n) is 1.12. The number of halogens is 3. The van der Waals surface area contributed by atoms with Gasteiger partial charge in [0.15, 0.2) is 9.84 Å². The minimum atomic E-state index is -3.22. The number of rotatable bonds is 4. The molecule has 0 unspecified atom stereocenters. The molecule has 0 saturated heterocycles. The summed E-state index contributed by atoms with van der Waals surface area (Å²) < 4.78 is 50.7. The lowest BCUT2D eigenvalue weighted by Crippen LogP contribution is -2.04. The number of sulfone groups is 1. The molecule has 0 N–H and O–H groups in total. The van der Waals surface area contributed by atoms with E-state index in [9.17, 15) is 17.2 Å². The maximum Gasteiger partial charge on any atom is 0.387 e. The second-order valence-electron chi connectivity index (χ2n) is 3.20. The number of hydrogen-bond acceptors (Lipinski definition) is 3. The van der Waals surface area contributed by atoms with Gasteiger partial charge in [0, 0.05) is 10.7 Å². The molecule has 1 aromatic rings. The molecule has 0 saturated carbocycles. The summed E-state index contributed by atoms with van der Waals surface area (Å²) >= 11 is 3.14. The SMILES string of the molecule is CS(=O)(=O)Cc1cc(OC(F)F)ccc1Br. The van der Waals surface area contributed by atoms with E-state index in [4.69, 9.17) is 0 Å². The molecule has 3 nitrogen and oxygen atoms in total. The molecule has 0 heterocycles. The molecule has 16 heavy (non-hydrogen) atoms. The van der Waals surface area contributed by atoms with Gasteiger partial charge in [0.2, 0.25) is 0 Å². The van der Waals surface area contributed by atoms with Crippen molar-refractivity contribution in [2.75, 3.05) is 6.26 Å². The molecule has 0 aliphatic carbocycles. The molecular weight excluding hydrogens is 306 g/mol. The lowest BCUT2D eigenvalue weighted by atomic mass is 10.2. The summed E-state index contributed by atoms with van der Waals surface area (Å²) in [6, 6.07) is 4.08. The Morgan fingerprint density at radius 2 is 2.06 bits per heavy atom. The molecule has 90 valence electrons. The van der Waals surface area contributed by atoms with Gasteiger partial charge in [-0.25, -0.2) is 8.42 Å². The molecule has 1 rings (SSSR count). The summed E-state index contributed by atoms with van der Waals surface area (Å²) in [4.78, 5) is 0. The Bertz CT molecular complexity index is 474. The Balaban J connectivity index is 2.99. The number of benzene rings is 1. The van der Waals surface area contributed by atoms with Gasteiger partial charge in [0.05, 0.1) is 5.75 Å². The summed E-state index contributed by atoms with van der Waals surface area (Å²) in [5.74, 6) is -0.287. The Morgan fingerprint density at radius 3 is 2.56 bits per heavy atom. The first-order valence-electron chi connectivity index (χ1n) is 4.19. The van der Waals surface area contributed by atoms with Crippen LogP contribution in [-0.2, 0) is 15.6 Å². The van der Waals surface area contributed by atoms with Crippen molar-refractivity contribution in [3.63, 3.8) is 0 Å². The van der Waals surface area contributed by atoms with Crippen molar-refractivity contribution in [1.82, 2.24) is 0 Å². The summed E-state index contributed by atoms with van der Waals surface area (Å²) in [6.07, 6.45) is 1.07. The summed E-state index contributed by atoms with van der Waals surface area (Å²) in [7, 11) is -3.22. The molecule has 0 spiro atoms. The van der Waals surface area contributed by atoms with E-state index in [2.05, 4.69) is 20.7 Å². The highest BCUT2D eigenvalue weighted by atomic mass is 79.9. The molecule has 0 aromatic heterocycles. The van der Waals surface area contributed by atoms with Crippen LogP contribution >= 0.6 is 15.9 Å². The fraction of sp³-hybridized carbons (Fsp3) is 0.333. The predicted molar refractivity (Wildman–Crippen MR) is 59.3 cm³/mol. The van der Waals surface area contributed by atoms with Gasteiger partial charge < -0.3 is 4.74 Å². The first-order valence-corrected chi connectivity index (χ1v) is 7.04. The van der Waals surface area contributed by atoms with E-state index in [0.717, 1.165) is 6.26 Å². The van der Waals surface area contributed by atoms with Gasteiger partial charge in [-0.1, -0.05) is 15.9 Å². The van der Waals surface area contributed by atoms with Gasteiger partial charge in [0.1, 0.15) is 5.75 Å². The molecule has 0 bridgehead atoms. The highest BCUT2D eigenvalue weighted by Gasteiger charge is 2.11. The summed E-state index contributed by atoms with van der Waals surface area (Å²) in [5, 5.41) is 0. The maximum absolute atomic E-state index is 11.9. The molecular formula is C9H9BrF2O3S. The zero-order valence-corrected chi connectivity index (χ0v) is 10.7.